The van der Waals surface area contributed by atoms with Crippen LogP contribution in [0.1, 0.15) is 0 Å². The second-order valence-electron chi connectivity index (χ2n) is 4.50. The van der Waals surface area contributed by atoms with Crippen LogP contribution < -0.4 is 15.2 Å². The summed E-state index contributed by atoms with van der Waals surface area (Å²) in [6.45, 7) is 2.94. The van der Waals surface area contributed by atoms with Gasteiger partial charge in [0.25, 0.3) is 0 Å². The van der Waals surface area contributed by atoms with Crippen LogP contribution in [0.3, 0.4) is 0 Å². The van der Waals surface area contributed by atoms with E-state index in [0.29, 0.717) is 62.5 Å². The maximum Gasteiger partial charge on any atom is 0.163 e. The number of anilines is 1. The Hall–Kier alpha value is -2.12. The third kappa shape index (κ3) is 3.32. The summed E-state index contributed by atoms with van der Waals surface area (Å²) in [5, 5.41) is 0.740. The normalized spacial score (nSPS) is 17.0. The minimum absolute atomic E-state index is 0.414. The van der Waals surface area contributed by atoms with E-state index in [9.17, 15) is 0 Å². The van der Waals surface area contributed by atoms with Gasteiger partial charge in [0.05, 0.1) is 31.9 Å². The second kappa shape index (κ2) is 6.55. The standard InChI is InChI=1S/C14H17N3O4/c15-14-10-7-12-13(8-11(10)16-9-17-14)21-6-4-19-2-1-18-3-5-20-12/h7-9H,1-6H2,(H2,15,16,17). The Labute approximate surface area is 122 Å². The van der Waals surface area contributed by atoms with Crippen LogP contribution in [0.2, 0.25) is 0 Å². The molecule has 0 radical (unpaired) electrons. The molecule has 1 aromatic heterocycles. The first-order valence-electron chi connectivity index (χ1n) is 6.80. The highest BCUT2D eigenvalue weighted by Gasteiger charge is 2.11. The van der Waals surface area contributed by atoms with Crippen LogP contribution in [-0.4, -0.2) is 49.6 Å². The molecular weight excluding hydrogens is 274 g/mol. The van der Waals surface area contributed by atoms with Crippen molar-refractivity contribution in [2.24, 2.45) is 0 Å². The predicted octanol–water partition coefficient (Wildman–Crippen LogP) is 1.02. The molecule has 0 bridgehead atoms. The third-order valence-electron chi connectivity index (χ3n) is 3.07. The first-order chi connectivity index (χ1) is 10.3. The SMILES string of the molecule is Nc1ncnc2cc3c(cc12)OCCOCCOCCO3. The fourth-order valence-electron chi connectivity index (χ4n) is 2.05. The average Bonchev–Trinajstić information content (AvgIpc) is 2.48. The zero-order chi connectivity index (χ0) is 14.5. The molecular formula is C14H17N3O4. The van der Waals surface area contributed by atoms with Crippen LogP contribution in [0, 0.1) is 0 Å². The molecule has 1 aliphatic rings. The molecule has 112 valence electrons. The number of rotatable bonds is 0. The number of hydrogen-bond donors (Lipinski definition) is 1. The van der Waals surface area contributed by atoms with Crippen LogP contribution in [0.25, 0.3) is 10.9 Å². The van der Waals surface area contributed by atoms with Gasteiger partial charge in [0.15, 0.2) is 11.5 Å². The molecule has 0 atom stereocenters. The Kier molecular flexibility index (Phi) is 4.32. The Morgan fingerprint density at radius 1 is 0.810 bits per heavy atom. The van der Waals surface area contributed by atoms with Gasteiger partial charge in [0, 0.05) is 11.5 Å². The number of fused-ring (bicyclic) bond motifs is 2. The molecule has 1 aromatic carbocycles. The molecule has 0 aliphatic carbocycles. The molecule has 3 rings (SSSR count). The molecule has 21 heavy (non-hydrogen) atoms. The molecule has 0 unspecified atom stereocenters. The van der Waals surface area contributed by atoms with Crippen LogP contribution >= 0.6 is 0 Å². The number of nitrogens with two attached hydrogens (primary N) is 1. The van der Waals surface area contributed by atoms with E-state index in [2.05, 4.69) is 9.97 Å². The summed E-state index contributed by atoms with van der Waals surface area (Å²) in [5.74, 6) is 1.63. The Morgan fingerprint density at radius 2 is 1.43 bits per heavy atom. The van der Waals surface area contributed by atoms with Gasteiger partial charge in [-0.1, -0.05) is 0 Å². The van der Waals surface area contributed by atoms with E-state index in [0.717, 1.165) is 5.39 Å². The summed E-state index contributed by atoms with van der Waals surface area (Å²) in [6.07, 6.45) is 1.43. The average molecular weight is 291 g/mol. The van der Waals surface area contributed by atoms with Crippen molar-refractivity contribution >= 4 is 16.7 Å². The molecule has 2 N–H and O–H groups in total. The van der Waals surface area contributed by atoms with Crippen LogP contribution in [0.4, 0.5) is 5.82 Å². The number of benzene rings is 1. The molecule has 0 amide bonds. The van der Waals surface area contributed by atoms with Gasteiger partial charge < -0.3 is 24.7 Å². The number of ether oxygens (including phenoxy) is 4. The number of nitrogen functional groups attached to an aromatic ring is 1. The van der Waals surface area contributed by atoms with E-state index < -0.39 is 0 Å². The highest BCUT2D eigenvalue weighted by molar-refractivity contribution is 5.90. The zero-order valence-corrected chi connectivity index (χ0v) is 11.6. The lowest BCUT2D eigenvalue weighted by Crippen LogP contribution is -2.15. The number of nitrogens with zero attached hydrogens (tertiary/aromatic N) is 2. The van der Waals surface area contributed by atoms with E-state index in [1.54, 1.807) is 12.1 Å². The summed E-state index contributed by atoms with van der Waals surface area (Å²) in [6, 6.07) is 3.60. The molecule has 7 nitrogen and oxygen atoms in total. The van der Waals surface area contributed by atoms with Gasteiger partial charge in [0.1, 0.15) is 25.4 Å². The van der Waals surface area contributed by atoms with Crippen molar-refractivity contribution in [3.8, 4) is 11.5 Å². The summed E-state index contributed by atoms with van der Waals surface area (Å²) < 4.78 is 22.2. The predicted molar refractivity (Wildman–Crippen MR) is 76.6 cm³/mol. The lowest BCUT2D eigenvalue weighted by atomic mass is 10.2. The van der Waals surface area contributed by atoms with Crippen LogP contribution in [-0.2, 0) is 9.47 Å². The van der Waals surface area contributed by atoms with E-state index in [4.69, 9.17) is 24.7 Å². The van der Waals surface area contributed by atoms with Crippen molar-refractivity contribution in [1.29, 1.82) is 0 Å². The molecule has 0 saturated carbocycles. The molecule has 2 heterocycles. The molecule has 0 fully saturated rings. The van der Waals surface area contributed by atoms with Crippen molar-refractivity contribution in [3.63, 3.8) is 0 Å². The monoisotopic (exact) mass is 291 g/mol. The smallest absolute Gasteiger partial charge is 0.163 e. The van der Waals surface area contributed by atoms with Crippen molar-refractivity contribution < 1.29 is 18.9 Å². The van der Waals surface area contributed by atoms with Crippen LogP contribution in [0.5, 0.6) is 11.5 Å². The van der Waals surface area contributed by atoms with Crippen LogP contribution in [0.15, 0.2) is 18.5 Å². The van der Waals surface area contributed by atoms with Crippen molar-refractivity contribution in [2.45, 2.75) is 0 Å². The molecule has 0 saturated heterocycles. The van der Waals surface area contributed by atoms with Crippen molar-refractivity contribution in [1.82, 2.24) is 9.97 Å². The minimum atomic E-state index is 0.414. The van der Waals surface area contributed by atoms with Crippen molar-refractivity contribution in [2.75, 3.05) is 45.4 Å². The zero-order valence-electron chi connectivity index (χ0n) is 11.6. The lowest BCUT2D eigenvalue weighted by molar-refractivity contribution is 0.0224. The van der Waals surface area contributed by atoms with Gasteiger partial charge in [-0.3, -0.25) is 0 Å². The quantitative estimate of drug-likeness (QED) is 0.775. The molecule has 1 aliphatic heterocycles. The lowest BCUT2D eigenvalue weighted by Gasteiger charge is -2.16. The van der Waals surface area contributed by atoms with E-state index >= 15 is 0 Å². The highest BCUT2D eigenvalue weighted by Crippen LogP contribution is 2.33. The first-order valence-corrected chi connectivity index (χ1v) is 6.80. The Balaban J connectivity index is 1.92. The fourth-order valence-corrected chi connectivity index (χ4v) is 2.05. The third-order valence-corrected chi connectivity index (χ3v) is 3.07. The van der Waals surface area contributed by atoms with Gasteiger partial charge >= 0.3 is 0 Å². The second-order valence-corrected chi connectivity index (χ2v) is 4.50. The van der Waals surface area contributed by atoms with Crippen molar-refractivity contribution in [3.05, 3.63) is 18.5 Å². The number of hydrogen-bond acceptors (Lipinski definition) is 7. The van der Waals surface area contributed by atoms with Gasteiger partial charge in [-0.2, -0.15) is 0 Å². The van der Waals surface area contributed by atoms with Gasteiger partial charge in [-0.05, 0) is 6.07 Å². The maximum absolute atomic E-state index is 5.87. The number of aromatic nitrogens is 2. The largest absolute Gasteiger partial charge is 0.487 e. The van der Waals surface area contributed by atoms with E-state index in [1.807, 2.05) is 0 Å². The summed E-state index contributed by atoms with van der Waals surface area (Å²) in [7, 11) is 0. The molecule has 7 heteroatoms. The highest BCUT2D eigenvalue weighted by atomic mass is 16.6. The first kappa shape index (κ1) is 13.8. The topological polar surface area (TPSA) is 88.7 Å². The van der Waals surface area contributed by atoms with E-state index in [-0.39, 0.29) is 0 Å². The summed E-state index contributed by atoms with van der Waals surface area (Å²) in [5.41, 5.74) is 6.59. The Bertz CT molecular complexity index is 620. The van der Waals surface area contributed by atoms with E-state index in [1.165, 1.54) is 6.33 Å². The summed E-state index contributed by atoms with van der Waals surface area (Å²) in [4.78, 5) is 8.18. The van der Waals surface area contributed by atoms with Gasteiger partial charge in [-0.15, -0.1) is 0 Å². The fraction of sp³-hybridized carbons (Fsp3) is 0.429. The maximum atomic E-state index is 5.87. The molecule has 2 aromatic rings. The summed E-state index contributed by atoms with van der Waals surface area (Å²) >= 11 is 0. The minimum Gasteiger partial charge on any atom is -0.487 e. The van der Waals surface area contributed by atoms with Gasteiger partial charge in [0.2, 0.25) is 0 Å². The Morgan fingerprint density at radius 3 is 2.14 bits per heavy atom. The molecule has 0 spiro atoms. The van der Waals surface area contributed by atoms with Gasteiger partial charge in [-0.25, -0.2) is 9.97 Å².